The lowest BCUT2D eigenvalue weighted by atomic mass is 10.1. The number of urea groups is 1. The molecule has 0 spiro atoms. The minimum atomic E-state index is -0.586. The first-order chi connectivity index (χ1) is 9.65. The Morgan fingerprint density at radius 3 is 3.00 bits per heavy atom. The van der Waals surface area contributed by atoms with E-state index < -0.39 is 6.03 Å². The van der Waals surface area contributed by atoms with Crippen molar-refractivity contribution in [1.82, 2.24) is 15.6 Å². The van der Waals surface area contributed by atoms with Crippen molar-refractivity contribution in [2.75, 3.05) is 6.54 Å². The van der Waals surface area contributed by atoms with Crippen LogP contribution in [0.2, 0.25) is 0 Å². The fourth-order valence-corrected chi connectivity index (χ4v) is 1.88. The van der Waals surface area contributed by atoms with Gasteiger partial charge in [0.25, 0.3) is 0 Å². The molecule has 1 fully saturated rings. The standard InChI is InChI=1S/C14H21N5O/c1-10-4-2-8-16-12(10)5-3-9-17-14(19-13(15)20)18-11-6-7-11/h2,4,8,11H,3,5-7,9H2,1H3,(H4,15,17,18,19,20). The summed E-state index contributed by atoms with van der Waals surface area (Å²) < 4.78 is 0. The molecule has 2 amide bonds. The molecule has 0 aliphatic heterocycles. The van der Waals surface area contributed by atoms with Crippen LogP contribution in [0.3, 0.4) is 0 Å². The molecular weight excluding hydrogens is 254 g/mol. The zero-order valence-corrected chi connectivity index (χ0v) is 11.7. The summed E-state index contributed by atoms with van der Waals surface area (Å²) in [5.74, 6) is 0.484. The number of rotatable bonds is 5. The fraction of sp³-hybridized carbons (Fsp3) is 0.500. The molecule has 1 saturated carbocycles. The average Bonchev–Trinajstić information content (AvgIpc) is 3.19. The summed E-state index contributed by atoms with van der Waals surface area (Å²) in [5.41, 5.74) is 7.42. The van der Waals surface area contributed by atoms with Crippen LogP contribution in [0.1, 0.15) is 30.5 Å². The Bertz CT molecular complexity index is 496. The van der Waals surface area contributed by atoms with E-state index in [0.717, 1.165) is 31.4 Å². The van der Waals surface area contributed by atoms with Crippen molar-refractivity contribution in [3.05, 3.63) is 29.6 Å². The number of carbonyl (C=O) groups is 1. The normalized spacial score (nSPS) is 14.9. The van der Waals surface area contributed by atoms with E-state index in [1.165, 1.54) is 5.56 Å². The number of nitrogens with zero attached hydrogens (tertiary/aromatic N) is 2. The van der Waals surface area contributed by atoms with Gasteiger partial charge in [0.1, 0.15) is 0 Å². The number of hydrogen-bond donors (Lipinski definition) is 3. The number of primary amides is 1. The second-order valence-corrected chi connectivity index (χ2v) is 5.01. The molecule has 2 rings (SSSR count). The Hall–Kier alpha value is -2.11. The van der Waals surface area contributed by atoms with Crippen molar-refractivity contribution in [1.29, 1.82) is 0 Å². The molecule has 1 aromatic heterocycles. The molecule has 0 unspecified atom stereocenters. The first-order valence-electron chi connectivity index (χ1n) is 6.93. The van der Waals surface area contributed by atoms with Crippen molar-refractivity contribution >= 4 is 12.0 Å². The van der Waals surface area contributed by atoms with Crippen LogP contribution in [-0.2, 0) is 6.42 Å². The molecule has 1 aromatic rings. The first kappa shape index (κ1) is 14.3. The first-order valence-corrected chi connectivity index (χ1v) is 6.93. The summed E-state index contributed by atoms with van der Waals surface area (Å²) in [4.78, 5) is 19.6. The van der Waals surface area contributed by atoms with Crippen LogP contribution in [0.15, 0.2) is 23.3 Å². The molecule has 108 valence electrons. The third-order valence-electron chi connectivity index (χ3n) is 3.12. The van der Waals surface area contributed by atoms with Gasteiger partial charge >= 0.3 is 6.03 Å². The number of nitrogens with one attached hydrogen (secondary N) is 2. The molecule has 1 aliphatic rings. The maximum absolute atomic E-state index is 10.9. The Kier molecular flexibility index (Phi) is 4.92. The Morgan fingerprint density at radius 2 is 2.35 bits per heavy atom. The highest BCUT2D eigenvalue weighted by Crippen LogP contribution is 2.18. The third kappa shape index (κ3) is 4.87. The van der Waals surface area contributed by atoms with Crippen LogP contribution >= 0.6 is 0 Å². The highest BCUT2D eigenvalue weighted by Gasteiger charge is 2.22. The molecule has 0 radical (unpaired) electrons. The van der Waals surface area contributed by atoms with Crippen molar-refractivity contribution in [3.63, 3.8) is 0 Å². The SMILES string of the molecule is Cc1cccnc1CCCN=C(NC(N)=O)NC1CC1. The Labute approximate surface area is 118 Å². The predicted molar refractivity (Wildman–Crippen MR) is 78.5 cm³/mol. The molecule has 0 aromatic carbocycles. The van der Waals surface area contributed by atoms with E-state index in [4.69, 9.17) is 5.73 Å². The minimum absolute atomic E-state index is 0.429. The van der Waals surface area contributed by atoms with Gasteiger partial charge in [-0.05, 0) is 44.2 Å². The van der Waals surface area contributed by atoms with E-state index in [1.807, 2.05) is 6.07 Å². The molecule has 4 N–H and O–H groups in total. The predicted octanol–water partition coefficient (Wildman–Crippen LogP) is 1.10. The summed E-state index contributed by atoms with van der Waals surface area (Å²) in [7, 11) is 0. The molecule has 0 atom stereocenters. The second-order valence-electron chi connectivity index (χ2n) is 5.01. The lowest BCUT2D eigenvalue weighted by Gasteiger charge is -2.09. The second kappa shape index (κ2) is 6.88. The van der Waals surface area contributed by atoms with Gasteiger partial charge in [0.05, 0.1) is 0 Å². The Balaban J connectivity index is 1.80. The quantitative estimate of drug-likeness (QED) is 0.427. The number of pyridine rings is 1. The summed E-state index contributed by atoms with van der Waals surface area (Å²) in [6.07, 6.45) is 5.80. The van der Waals surface area contributed by atoms with Crippen LogP contribution in [0.5, 0.6) is 0 Å². The van der Waals surface area contributed by atoms with Gasteiger partial charge in [0.15, 0.2) is 5.96 Å². The van der Waals surface area contributed by atoms with Gasteiger partial charge in [0, 0.05) is 24.5 Å². The van der Waals surface area contributed by atoms with Crippen molar-refractivity contribution in [2.24, 2.45) is 10.7 Å². The third-order valence-corrected chi connectivity index (χ3v) is 3.12. The average molecular weight is 275 g/mol. The molecule has 6 heteroatoms. The number of carbonyl (C=O) groups excluding carboxylic acids is 1. The van der Waals surface area contributed by atoms with Crippen molar-refractivity contribution in [3.8, 4) is 0 Å². The maximum atomic E-state index is 10.9. The maximum Gasteiger partial charge on any atom is 0.318 e. The van der Waals surface area contributed by atoms with E-state index in [2.05, 4.69) is 33.6 Å². The molecule has 6 nitrogen and oxygen atoms in total. The number of aromatic nitrogens is 1. The summed E-state index contributed by atoms with van der Waals surface area (Å²) in [5, 5.41) is 5.68. The van der Waals surface area contributed by atoms with Crippen LogP contribution in [0.25, 0.3) is 0 Å². The topological polar surface area (TPSA) is 92.4 Å². The van der Waals surface area contributed by atoms with Crippen molar-refractivity contribution in [2.45, 2.75) is 38.6 Å². The lowest BCUT2D eigenvalue weighted by molar-refractivity contribution is 0.253. The lowest BCUT2D eigenvalue weighted by Crippen LogP contribution is -2.44. The van der Waals surface area contributed by atoms with Gasteiger partial charge in [-0.2, -0.15) is 0 Å². The van der Waals surface area contributed by atoms with Gasteiger partial charge in [-0.15, -0.1) is 0 Å². The van der Waals surface area contributed by atoms with Gasteiger partial charge in [-0.25, -0.2) is 4.79 Å². The number of hydrogen-bond acceptors (Lipinski definition) is 3. The van der Waals surface area contributed by atoms with E-state index in [0.29, 0.717) is 18.5 Å². The number of aliphatic imine (C=N–C) groups is 1. The van der Waals surface area contributed by atoms with Crippen molar-refractivity contribution < 1.29 is 4.79 Å². The smallest absolute Gasteiger partial charge is 0.318 e. The van der Waals surface area contributed by atoms with E-state index in [1.54, 1.807) is 6.20 Å². The molecule has 0 saturated heterocycles. The molecule has 1 heterocycles. The van der Waals surface area contributed by atoms with E-state index >= 15 is 0 Å². The number of nitrogens with two attached hydrogens (primary N) is 1. The summed E-state index contributed by atoms with van der Waals surface area (Å²) >= 11 is 0. The highest BCUT2D eigenvalue weighted by molar-refractivity contribution is 5.95. The zero-order chi connectivity index (χ0) is 14.4. The van der Waals surface area contributed by atoms with Gasteiger partial charge in [-0.3, -0.25) is 15.3 Å². The molecule has 0 bridgehead atoms. The number of amides is 2. The Morgan fingerprint density at radius 1 is 1.55 bits per heavy atom. The van der Waals surface area contributed by atoms with Crippen LogP contribution in [0.4, 0.5) is 4.79 Å². The van der Waals surface area contributed by atoms with Crippen LogP contribution < -0.4 is 16.4 Å². The largest absolute Gasteiger partial charge is 0.353 e. The summed E-state index contributed by atoms with van der Waals surface area (Å²) in [6, 6.07) is 3.84. The molecule has 20 heavy (non-hydrogen) atoms. The molecular formula is C14H21N5O. The summed E-state index contributed by atoms with van der Waals surface area (Å²) in [6.45, 7) is 2.69. The van der Waals surface area contributed by atoms with Crippen LogP contribution in [-0.4, -0.2) is 29.6 Å². The van der Waals surface area contributed by atoms with E-state index in [-0.39, 0.29) is 0 Å². The minimum Gasteiger partial charge on any atom is -0.353 e. The number of aryl methyl sites for hydroxylation is 2. The van der Waals surface area contributed by atoms with Gasteiger partial charge in [0.2, 0.25) is 0 Å². The van der Waals surface area contributed by atoms with Gasteiger partial charge in [-0.1, -0.05) is 6.07 Å². The monoisotopic (exact) mass is 275 g/mol. The fourth-order valence-electron chi connectivity index (χ4n) is 1.88. The van der Waals surface area contributed by atoms with Crippen LogP contribution in [0, 0.1) is 6.92 Å². The van der Waals surface area contributed by atoms with Gasteiger partial charge < -0.3 is 11.1 Å². The highest BCUT2D eigenvalue weighted by atomic mass is 16.2. The number of guanidine groups is 1. The zero-order valence-electron chi connectivity index (χ0n) is 11.7. The molecule has 1 aliphatic carbocycles. The van der Waals surface area contributed by atoms with E-state index in [9.17, 15) is 4.79 Å².